The minimum absolute atomic E-state index is 0.0769. The molecule has 0 aliphatic heterocycles. The number of amides is 2. The highest BCUT2D eigenvalue weighted by Gasteiger charge is 2.11. The lowest BCUT2D eigenvalue weighted by Crippen LogP contribution is -2.31. The average molecular weight is 256 g/mol. The molecule has 17 heavy (non-hydrogen) atoms. The number of nitrogens with zero attached hydrogens (tertiary/aromatic N) is 1. The molecule has 0 bridgehead atoms. The molecule has 0 spiro atoms. The van der Waals surface area contributed by atoms with Gasteiger partial charge < -0.3 is 10.6 Å². The van der Waals surface area contributed by atoms with E-state index in [0.29, 0.717) is 11.4 Å². The summed E-state index contributed by atoms with van der Waals surface area (Å²) in [4.78, 5) is 12.5. The standard InChI is InChI=1S/C11H16N2O3S/c1-3-17(15,16)10-6-4-9(5-7-10)8-13(2)11(12)14/h4-7H,3,8H2,1-2H3,(H2,12,14). The predicted octanol–water partition coefficient (Wildman–Crippen LogP) is 0.991. The van der Waals surface area contributed by atoms with Crippen molar-refractivity contribution in [3.05, 3.63) is 29.8 Å². The van der Waals surface area contributed by atoms with Crippen molar-refractivity contribution < 1.29 is 13.2 Å². The topological polar surface area (TPSA) is 80.5 Å². The third-order valence-electron chi connectivity index (χ3n) is 2.46. The van der Waals surface area contributed by atoms with Crippen molar-refractivity contribution >= 4 is 15.9 Å². The van der Waals surface area contributed by atoms with Crippen LogP contribution in [0.4, 0.5) is 4.79 Å². The molecule has 94 valence electrons. The number of carbonyl (C=O) groups is 1. The summed E-state index contributed by atoms with van der Waals surface area (Å²) in [6.07, 6.45) is 0. The molecule has 5 nitrogen and oxygen atoms in total. The van der Waals surface area contributed by atoms with Gasteiger partial charge in [0.05, 0.1) is 10.6 Å². The molecule has 0 atom stereocenters. The molecule has 1 aromatic rings. The van der Waals surface area contributed by atoms with Gasteiger partial charge >= 0.3 is 6.03 Å². The summed E-state index contributed by atoms with van der Waals surface area (Å²) in [5.74, 6) is 0.0769. The van der Waals surface area contributed by atoms with Gasteiger partial charge in [0.15, 0.2) is 9.84 Å². The van der Waals surface area contributed by atoms with E-state index in [1.54, 1.807) is 38.2 Å². The molecule has 0 radical (unpaired) electrons. The molecule has 0 aromatic heterocycles. The maximum atomic E-state index is 11.6. The Kier molecular flexibility index (Phi) is 4.11. The molecule has 0 aliphatic carbocycles. The second kappa shape index (κ2) is 5.18. The van der Waals surface area contributed by atoms with E-state index >= 15 is 0 Å². The first-order chi connectivity index (χ1) is 7.86. The van der Waals surface area contributed by atoms with E-state index in [1.807, 2.05) is 0 Å². The summed E-state index contributed by atoms with van der Waals surface area (Å²) < 4.78 is 23.1. The van der Waals surface area contributed by atoms with Crippen molar-refractivity contribution in [1.82, 2.24) is 4.90 Å². The fraction of sp³-hybridized carbons (Fsp3) is 0.364. The van der Waals surface area contributed by atoms with Crippen molar-refractivity contribution in [2.45, 2.75) is 18.4 Å². The fourth-order valence-corrected chi connectivity index (χ4v) is 2.20. The summed E-state index contributed by atoms with van der Waals surface area (Å²) in [5.41, 5.74) is 5.93. The molecule has 2 N–H and O–H groups in total. The number of nitrogens with two attached hydrogens (primary N) is 1. The van der Waals surface area contributed by atoms with Gasteiger partial charge in [0.2, 0.25) is 0 Å². The van der Waals surface area contributed by atoms with E-state index < -0.39 is 15.9 Å². The number of hydrogen-bond donors (Lipinski definition) is 1. The Morgan fingerprint density at radius 2 is 1.82 bits per heavy atom. The van der Waals surface area contributed by atoms with E-state index in [-0.39, 0.29) is 5.75 Å². The van der Waals surface area contributed by atoms with E-state index in [1.165, 1.54) is 4.90 Å². The maximum absolute atomic E-state index is 11.6. The Labute approximate surface area is 101 Å². The first kappa shape index (κ1) is 13.5. The van der Waals surface area contributed by atoms with Gasteiger partial charge in [0.25, 0.3) is 0 Å². The molecule has 1 rings (SSSR count). The molecular formula is C11H16N2O3S. The molecular weight excluding hydrogens is 240 g/mol. The number of rotatable bonds is 4. The number of sulfone groups is 1. The van der Waals surface area contributed by atoms with Crippen LogP contribution in [0.15, 0.2) is 29.2 Å². The van der Waals surface area contributed by atoms with E-state index in [9.17, 15) is 13.2 Å². The molecule has 0 heterocycles. The molecule has 0 saturated carbocycles. The monoisotopic (exact) mass is 256 g/mol. The largest absolute Gasteiger partial charge is 0.351 e. The first-order valence-corrected chi connectivity index (χ1v) is 6.84. The van der Waals surface area contributed by atoms with Gasteiger partial charge in [-0.25, -0.2) is 13.2 Å². The highest BCUT2D eigenvalue weighted by molar-refractivity contribution is 7.91. The molecule has 0 unspecified atom stereocenters. The Morgan fingerprint density at radius 3 is 2.24 bits per heavy atom. The smallest absolute Gasteiger partial charge is 0.314 e. The highest BCUT2D eigenvalue weighted by Crippen LogP contribution is 2.13. The van der Waals surface area contributed by atoms with Gasteiger partial charge in [-0.3, -0.25) is 0 Å². The van der Waals surface area contributed by atoms with Crippen LogP contribution >= 0.6 is 0 Å². The van der Waals surface area contributed by atoms with Crippen LogP contribution in [0.5, 0.6) is 0 Å². The van der Waals surface area contributed by atoms with Gasteiger partial charge in [0, 0.05) is 13.6 Å². The zero-order valence-electron chi connectivity index (χ0n) is 9.88. The van der Waals surface area contributed by atoms with Crippen LogP contribution < -0.4 is 5.73 Å². The second-order valence-electron chi connectivity index (χ2n) is 3.74. The van der Waals surface area contributed by atoms with Crippen molar-refractivity contribution in [3.8, 4) is 0 Å². The van der Waals surface area contributed by atoms with E-state index in [4.69, 9.17) is 5.73 Å². The summed E-state index contributed by atoms with van der Waals surface area (Å²) in [6, 6.07) is 5.94. The van der Waals surface area contributed by atoms with E-state index in [2.05, 4.69) is 0 Å². The summed E-state index contributed by atoms with van der Waals surface area (Å²) in [6.45, 7) is 1.96. The van der Waals surface area contributed by atoms with Crippen molar-refractivity contribution in [2.24, 2.45) is 5.73 Å². The Morgan fingerprint density at radius 1 is 1.29 bits per heavy atom. The quantitative estimate of drug-likeness (QED) is 0.872. The maximum Gasteiger partial charge on any atom is 0.314 e. The van der Waals surface area contributed by atoms with Crippen molar-refractivity contribution in [3.63, 3.8) is 0 Å². The zero-order chi connectivity index (χ0) is 13.1. The van der Waals surface area contributed by atoms with Gasteiger partial charge in [-0.1, -0.05) is 19.1 Å². The lowest BCUT2D eigenvalue weighted by Gasteiger charge is -2.14. The van der Waals surface area contributed by atoms with Crippen molar-refractivity contribution in [2.75, 3.05) is 12.8 Å². The summed E-state index contributed by atoms with van der Waals surface area (Å²) >= 11 is 0. The molecule has 6 heteroatoms. The minimum Gasteiger partial charge on any atom is -0.351 e. The first-order valence-electron chi connectivity index (χ1n) is 5.19. The summed E-state index contributed by atoms with van der Waals surface area (Å²) in [7, 11) is -1.58. The van der Waals surface area contributed by atoms with Crippen LogP contribution in [0.2, 0.25) is 0 Å². The lowest BCUT2D eigenvalue weighted by molar-refractivity contribution is 0.216. The number of hydrogen-bond acceptors (Lipinski definition) is 3. The number of urea groups is 1. The SMILES string of the molecule is CCS(=O)(=O)c1ccc(CN(C)C(N)=O)cc1. The molecule has 0 fully saturated rings. The van der Waals surface area contributed by atoms with Crippen LogP contribution in [0.1, 0.15) is 12.5 Å². The Bertz CT molecular complexity index is 494. The van der Waals surface area contributed by atoms with Crippen LogP contribution in [0.25, 0.3) is 0 Å². The van der Waals surface area contributed by atoms with Gasteiger partial charge in [-0.05, 0) is 17.7 Å². The van der Waals surface area contributed by atoms with Gasteiger partial charge in [-0.15, -0.1) is 0 Å². The third-order valence-corrected chi connectivity index (χ3v) is 4.21. The van der Waals surface area contributed by atoms with Crippen LogP contribution in [0.3, 0.4) is 0 Å². The molecule has 1 aromatic carbocycles. The fourth-order valence-electron chi connectivity index (χ4n) is 1.32. The second-order valence-corrected chi connectivity index (χ2v) is 6.02. The van der Waals surface area contributed by atoms with Crippen LogP contribution in [0, 0.1) is 0 Å². The zero-order valence-corrected chi connectivity index (χ0v) is 10.7. The molecule has 2 amide bonds. The van der Waals surface area contributed by atoms with E-state index in [0.717, 1.165) is 5.56 Å². The van der Waals surface area contributed by atoms with Crippen molar-refractivity contribution in [1.29, 1.82) is 0 Å². The van der Waals surface area contributed by atoms with Gasteiger partial charge in [0.1, 0.15) is 0 Å². The van der Waals surface area contributed by atoms with Gasteiger partial charge in [-0.2, -0.15) is 0 Å². The minimum atomic E-state index is -3.16. The normalized spacial score (nSPS) is 11.2. The Hall–Kier alpha value is -1.56. The predicted molar refractivity (Wildman–Crippen MR) is 65.2 cm³/mol. The Balaban J connectivity index is 2.86. The van der Waals surface area contributed by atoms with Crippen LogP contribution in [-0.2, 0) is 16.4 Å². The third kappa shape index (κ3) is 3.45. The number of primary amides is 1. The number of carbonyl (C=O) groups excluding carboxylic acids is 1. The highest BCUT2D eigenvalue weighted by atomic mass is 32.2. The summed E-state index contributed by atoms with van der Waals surface area (Å²) in [5, 5.41) is 0. The lowest BCUT2D eigenvalue weighted by atomic mass is 10.2. The van der Waals surface area contributed by atoms with Crippen LogP contribution in [-0.4, -0.2) is 32.1 Å². The average Bonchev–Trinajstić information content (AvgIpc) is 2.29. The number of benzene rings is 1. The molecule has 0 saturated heterocycles. The molecule has 0 aliphatic rings.